The van der Waals surface area contributed by atoms with Crippen molar-refractivity contribution in [3.05, 3.63) is 76.5 Å². The maximum absolute atomic E-state index is 13.7. The number of hydrogen-bond acceptors (Lipinski definition) is 4. The molecule has 1 fully saturated rings. The molecule has 0 saturated carbocycles. The van der Waals surface area contributed by atoms with Gasteiger partial charge in [-0.05, 0) is 43.7 Å². The third-order valence-electron chi connectivity index (χ3n) is 6.22. The molecule has 2 aromatic rings. The molecule has 7 heteroatoms. The van der Waals surface area contributed by atoms with E-state index in [4.69, 9.17) is 11.6 Å². The Morgan fingerprint density at radius 3 is 2.31 bits per heavy atom. The van der Waals surface area contributed by atoms with Crippen molar-refractivity contribution in [2.24, 2.45) is 10.9 Å². The highest BCUT2D eigenvalue weighted by Gasteiger charge is 2.42. The second kappa shape index (κ2) is 9.17. The quantitative estimate of drug-likeness (QED) is 0.755. The number of nitrogens with zero attached hydrogens (tertiary/aromatic N) is 3. The lowest BCUT2D eigenvalue weighted by Gasteiger charge is -2.39. The Bertz CT molecular complexity index is 1090. The van der Waals surface area contributed by atoms with E-state index in [-0.39, 0.29) is 5.91 Å². The Morgan fingerprint density at radius 2 is 1.69 bits per heavy atom. The van der Waals surface area contributed by atoms with E-state index in [1.165, 1.54) is 0 Å². The van der Waals surface area contributed by atoms with Crippen molar-refractivity contribution in [2.45, 2.75) is 19.8 Å². The van der Waals surface area contributed by atoms with Gasteiger partial charge >= 0.3 is 5.97 Å². The average Bonchev–Trinajstić information content (AvgIpc) is 2.78. The average molecular weight is 452 g/mol. The van der Waals surface area contributed by atoms with Gasteiger partial charge in [-0.25, -0.2) is 0 Å². The Balaban J connectivity index is 1.64. The Hall–Kier alpha value is -3.12. The van der Waals surface area contributed by atoms with Crippen LogP contribution in [-0.4, -0.2) is 53.8 Å². The monoisotopic (exact) mass is 451 g/mol. The summed E-state index contributed by atoms with van der Waals surface area (Å²) in [5.74, 6) is -2.70. The lowest BCUT2D eigenvalue weighted by Crippen LogP contribution is -2.50. The summed E-state index contributed by atoms with van der Waals surface area (Å²) in [6.45, 7) is 6.05. The van der Waals surface area contributed by atoms with Crippen LogP contribution in [-0.2, 0) is 9.59 Å². The summed E-state index contributed by atoms with van der Waals surface area (Å²) in [4.78, 5) is 34.5. The van der Waals surface area contributed by atoms with E-state index < -0.39 is 17.8 Å². The van der Waals surface area contributed by atoms with Gasteiger partial charge in [0.1, 0.15) is 5.92 Å². The van der Waals surface area contributed by atoms with E-state index in [0.29, 0.717) is 53.7 Å². The minimum Gasteiger partial charge on any atom is -0.481 e. The zero-order valence-electron chi connectivity index (χ0n) is 18.2. The van der Waals surface area contributed by atoms with E-state index in [2.05, 4.69) is 22.0 Å². The predicted molar refractivity (Wildman–Crippen MR) is 126 cm³/mol. The number of anilines is 1. The molecule has 0 spiro atoms. The van der Waals surface area contributed by atoms with Crippen molar-refractivity contribution in [3.63, 3.8) is 0 Å². The minimum absolute atomic E-state index is 0.150. The molecule has 2 heterocycles. The number of hydrogen-bond donors (Lipinski definition) is 1. The molecule has 32 heavy (non-hydrogen) atoms. The lowest BCUT2D eigenvalue weighted by molar-refractivity contribution is -0.139. The molecule has 1 N–H and O–H groups in total. The number of allylic oxidation sites excluding steroid dienone is 1. The van der Waals surface area contributed by atoms with Gasteiger partial charge in [0.2, 0.25) is 0 Å². The van der Waals surface area contributed by atoms with E-state index in [1.54, 1.807) is 32.0 Å². The summed E-state index contributed by atoms with van der Waals surface area (Å²) in [5.41, 5.74) is 3.35. The number of amides is 1. The summed E-state index contributed by atoms with van der Waals surface area (Å²) < 4.78 is 0. The third kappa shape index (κ3) is 4.28. The molecule has 0 radical (unpaired) electrons. The number of benzene rings is 2. The van der Waals surface area contributed by atoms with Gasteiger partial charge in [0.05, 0.1) is 0 Å². The first kappa shape index (κ1) is 22.1. The van der Waals surface area contributed by atoms with E-state index in [0.717, 1.165) is 5.69 Å². The van der Waals surface area contributed by atoms with Gasteiger partial charge < -0.3 is 14.9 Å². The van der Waals surface area contributed by atoms with Crippen LogP contribution in [0.1, 0.15) is 25.3 Å². The summed E-state index contributed by atoms with van der Waals surface area (Å²) in [5, 5.41) is 10.5. The number of carbonyl (C=O) groups is 2. The van der Waals surface area contributed by atoms with Gasteiger partial charge in [-0.2, -0.15) is 0 Å². The molecule has 166 valence electrons. The van der Waals surface area contributed by atoms with Crippen molar-refractivity contribution < 1.29 is 14.7 Å². The Kier molecular flexibility index (Phi) is 6.33. The molecular formula is C25H26ClN3O3. The van der Waals surface area contributed by atoms with Crippen LogP contribution in [0.4, 0.5) is 5.69 Å². The summed E-state index contributed by atoms with van der Waals surface area (Å²) in [6.07, 6.45) is 0. The van der Waals surface area contributed by atoms with Crippen molar-refractivity contribution >= 4 is 34.9 Å². The number of carboxylic acids is 1. The van der Waals surface area contributed by atoms with Gasteiger partial charge in [-0.15, -0.1) is 0 Å². The molecule has 1 amide bonds. The van der Waals surface area contributed by atoms with E-state index in [1.807, 2.05) is 29.2 Å². The van der Waals surface area contributed by atoms with Gasteiger partial charge in [0.25, 0.3) is 5.91 Å². The van der Waals surface area contributed by atoms with Crippen LogP contribution < -0.4 is 4.90 Å². The molecule has 2 atom stereocenters. The SMILES string of the molecule is CC1=NC(C)=C(C(=O)N2CCN(c3ccccc3)CC2)C(c2cccc(Cl)c2)C1C(=O)O. The highest BCUT2D eigenvalue weighted by molar-refractivity contribution is 6.30. The number of carbonyl (C=O) groups excluding carboxylic acids is 1. The maximum Gasteiger partial charge on any atom is 0.313 e. The predicted octanol–water partition coefficient (Wildman–Crippen LogP) is 4.22. The van der Waals surface area contributed by atoms with Crippen LogP contribution in [0.2, 0.25) is 5.02 Å². The second-order valence-corrected chi connectivity index (χ2v) is 8.65. The molecule has 0 bridgehead atoms. The molecule has 2 aliphatic heterocycles. The molecule has 0 aliphatic carbocycles. The molecule has 6 nitrogen and oxygen atoms in total. The summed E-state index contributed by atoms with van der Waals surface area (Å²) >= 11 is 6.22. The number of para-hydroxylation sites is 1. The van der Waals surface area contributed by atoms with Gasteiger partial charge in [-0.1, -0.05) is 41.9 Å². The van der Waals surface area contributed by atoms with E-state index >= 15 is 0 Å². The fourth-order valence-electron chi connectivity index (χ4n) is 4.67. The second-order valence-electron chi connectivity index (χ2n) is 8.22. The van der Waals surface area contributed by atoms with Gasteiger partial charge in [0, 0.05) is 59.8 Å². The number of rotatable bonds is 4. The van der Waals surface area contributed by atoms with Gasteiger partial charge in [-0.3, -0.25) is 14.6 Å². The first-order chi connectivity index (χ1) is 15.4. The first-order valence-electron chi connectivity index (χ1n) is 10.7. The van der Waals surface area contributed by atoms with Crippen LogP contribution in [0.5, 0.6) is 0 Å². The zero-order chi connectivity index (χ0) is 22.8. The number of aliphatic carboxylic acids is 1. The zero-order valence-corrected chi connectivity index (χ0v) is 18.9. The molecule has 4 rings (SSSR count). The smallest absolute Gasteiger partial charge is 0.313 e. The Labute approximate surface area is 192 Å². The summed E-state index contributed by atoms with van der Waals surface area (Å²) in [7, 11) is 0. The highest BCUT2D eigenvalue weighted by atomic mass is 35.5. The molecule has 0 aromatic heterocycles. The highest BCUT2D eigenvalue weighted by Crippen LogP contribution is 2.40. The summed E-state index contributed by atoms with van der Waals surface area (Å²) in [6, 6.07) is 17.2. The van der Waals surface area contributed by atoms with Crippen molar-refractivity contribution in [1.29, 1.82) is 0 Å². The van der Waals surface area contributed by atoms with E-state index in [9.17, 15) is 14.7 Å². The topological polar surface area (TPSA) is 73.2 Å². The first-order valence-corrected chi connectivity index (χ1v) is 11.1. The molecule has 2 unspecified atom stereocenters. The minimum atomic E-state index is -0.997. The molecule has 2 aromatic carbocycles. The van der Waals surface area contributed by atoms with Crippen LogP contribution in [0.3, 0.4) is 0 Å². The standard InChI is InChI=1S/C25H26ClN3O3/c1-16-21(24(30)29-13-11-28(12-14-29)20-9-4-3-5-10-20)23(18-7-6-8-19(26)15-18)22(25(31)32)17(2)27-16/h3-10,15,22-23H,11-14H2,1-2H3,(H,31,32). The lowest BCUT2D eigenvalue weighted by atomic mass is 9.75. The van der Waals surface area contributed by atoms with Crippen LogP contribution in [0.25, 0.3) is 0 Å². The molecule has 2 aliphatic rings. The largest absolute Gasteiger partial charge is 0.481 e. The normalized spacial score (nSPS) is 21.4. The van der Waals surface area contributed by atoms with Crippen LogP contribution in [0, 0.1) is 5.92 Å². The fourth-order valence-corrected chi connectivity index (χ4v) is 4.87. The number of halogens is 1. The van der Waals surface area contributed by atoms with Crippen LogP contribution >= 0.6 is 11.6 Å². The van der Waals surface area contributed by atoms with Crippen molar-refractivity contribution in [2.75, 3.05) is 31.1 Å². The van der Waals surface area contributed by atoms with Crippen molar-refractivity contribution in [3.8, 4) is 0 Å². The third-order valence-corrected chi connectivity index (χ3v) is 6.46. The number of aliphatic imine (C=N–C) groups is 1. The van der Waals surface area contributed by atoms with Gasteiger partial charge in [0.15, 0.2) is 0 Å². The molecule has 1 saturated heterocycles. The van der Waals surface area contributed by atoms with Crippen LogP contribution in [0.15, 0.2) is 70.9 Å². The Morgan fingerprint density at radius 1 is 1.00 bits per heavy atom. The maximum atomic E-state index is 13.7. The van der Waals surface area contributed by atoms with Crippen molar-refractivity contribution in [1.82, 2.24) is 4.90 Å². The molecular weight excluding hydrogens is 426 g/mol. The number of piperazine rings is 1. The fraction of sp³-hybridized carbons (Fsp3) is 0.320. The number of carboxylic acid groups (broad SMARTS) is 1.